The molecule has 2 aliphatic heterocycles. The average molecular weight is 823 g/mol. The SMILES string of the molecule is COC(=O)[C@@]12C[C@H]1C=CCCCCC[C@H](NC(=O)OC1C[C@@H]3C[C@@H]3C1)C(=O)N1C[C@H](Oc3cc(C=C(C)C)nc4c(Cl)c(OCC(OC)OC)ccc34)C[C@H]1C(=O)N2. The maximum absolute atomic E-state index is 14.7. The lowest BCUT2D eigenvalue weighted by atomic mass is 10.0. The molecule has 314 valence electrons. The third kappa shape index (κ3) is 9.24. The summed E-state index contributed by atoms with van der Waals surface area (Å²) in [4.78, 5) is 61.8. The Morgan fingerprint density at radius 3 is 2.53 bits per heavy atom. The number of rotatable bonds is 11. The number of aromatic nitrogens is 1. The number of pyridine rings is 1. The van der Waals surface area contributed by atoms with Gasteiger partial charge in [0.1, 0.15) is 53.0 Å². The topological polar surface area (TPSA) is 164 Å². The van der Waals surface area contributed by atoms with E-state index >= 15 is 0 Å². The predicted octanol–water partition coefficient (Wildman–Crippen LogP) is 6.12. The number of alkyl carbamates (subject to hydrolysis) is 1. The van der Waals surface area contributed by atoms with E-state index in [0.29, 0.717) is 59.2 Å². The van der Waals surface area contributed by atoms with E-state index in [0.717, 1.165) is 37.7 Å². The number of ether oxygens (including phenoxy) is 6. The summed E-state index contributed by atoms with van der Waals surface area (Å²) in [5, 5.41) is 6.73. The van der Waals surface area contributed by atoms with Crippen molar-refractivity contribution in [1.82, 2.24) is 20.5 Å². The number of carbonyl (C=O) groups is 4. The Morgan fingerprint density at radius 1 is 1.03 bits per heavy atom. The Balaban J connectivity index is 1.19. The molecule has 2 aromatic rings. The molecule has 2 N–H and O–H groups in total. The standard InChI is InChI=1S/C43H55ClN4O10/c1-24(2)15-28-19-35(31-13-14-34(37(44)38(31)45-28)56-23-36(53-3)54-4)57-30-20-33-39(49)47-43(41(51)55-5)21-27(43)11-9-7-6-8-10-12-32(40(50)48(33)22-30)46-42(52)58-29-17-25-16-26(25)18-29/h9,11,13-15,19,25-27,29-30,32-33,36H,6-8,10,12,16-18,20-23H2,1-5H3,(H,46,52)(H,47,49)/t25-,26+,27-,29?,30-,32+,33+,43-/m1/s1. The summed E-state index contributed by atoms with van der Waals surface area (Å²) in [6, 6.07) is 3.37. The first-order valence-electron chi connectivity index (χ1n) is 20.4. The van der Waals surface area contributed by atoms with Gasteiger partial charge in [0.15, 0.2) is 6.29 Å². The van der Waals surface area contributed by atoms with Gasteiger partial charge in [-0.15, -0.1) is 0 Å². The molecule has 8 atom stereocenters. The fourth-order valence-corrected chi connectivity index (χ4v) is 9.04. The molecular weight excluding hydrogens is 768 g/mol. The van der Waals surface area contributed by atoms with Crippen molar-refractivity contribution >= 4 is 52.5 Å². The second kappa shape index (κ2) is 17.8. The Labute approximate surface area is 344 Å². The van der Waals surface area contributed by atoms with Gasteiger partial charge in [-0.3, -0.25) is 9.59 Å². The van der Waals surface area contributed by atoms with Crippen LogP contribution in [0.4, 0.5) is 4.79 Å². The van der Waals surface area contributed by atoms with E-state index in [9.17, 15) is 19.2 Å². The van der Waals surface area contributed by atoms with Gasteiger partial charge in [-0.25, -0.2) is 14.6 Å². The molecule has 1 aromatic carbocycles. The molecule has 14 nitrogen and oxygen atoms in total. The third-order valence-corrected chi connectivity index (χ3v) is 12.4. The van der Waals surface area contributed by atoms with Crippen molar-refractivity contribution in [1.29, 1.82) is 0 Å². The lowest BCUT2D eigenvalue weighted by Gasteiger charge is -2.29. The number of allylic oxidation sites excluding steroid dienone is 2. The number of halogens is 1. The van der Waals surface area contributed by atoms with E-state index < -0.39 is 53.9 Å². The average Bonchev–Trinajstić information content (AvgIpc) is 3.99. The molecule has 4 fully saturated rings. The zero-order valence-corrected chi connectivity index (χ0v) is 34.7. The molecule has 3 saturated carbocycles. The molecule has 3 aliphatic carbocycles. The summed E-state index contributed by atoms with van der Waals surface area (Å²) in [5.74, 6) is 0.395. The van der Waals surface area contributed by atoms with Crippen LogP contribution in [0.15, 0.2) is 35.9 Å². The quantitative estimate of drug-likeness (QED) is 0.153. The van der Waals surface area contributed by atoms with Crippen LogP contribution in [0.25, 0.3) is 17.0 Å². The van der Waals surface area contributed by atoms with Gasteiger partial charge < -0.3 is 44.0 Å². The van der Waals surface area contributed by atoms with E-state index in [4.69, 9.17) is 45.0 Å². The van der Waals surface area contributed by atoms with Crippen LogP contribution < -0.4 is 20.1 Å². The molecule has 15 heteroatoms. The van der Waals surface area contributed by atoms with Crippen molar-refractivity contribution in [3.05, 3.63) is 46.6 Å². The first kappa shape index (κ1) is 41.7. The van der Waals surface area contributed by atoms with Gasteiger partial charge in [0, 0.05) is 38.0 Å². The van der Waals surface area contributed by atoms with Crippen LogP contribution in [0.5, 0.6) is 11.5 Å². The Hall–Kier alpha value is -4.40. The van der Waals surface area contributed by atoms with Gasteiger partial charge >= 0.3 is 12.1 Å². The van der Waals surface area contributed by atoms with Crippen molar-refractivity contribution in [2.75, 3.05) is 34.5 Å². The number of amides is 3. The van der Waals surface area contributed by atoms with Crippen molar-refractivity contribution in [3.8, 4) is 11.5 Å². The number of methoxy groups -OCH3 is 3. The minimum atomic E-state index is -1.23. The number of fused-ring (bicyclic) bond motifs is 4. The minimum absolute atomic E-state index is 0.0385. The van der Waals surface area contributed by atoms with Crippen LogP contribution in [0, 0.1) is 17.8 Å². The number of benzene rings is 1. The molecule has 5 aliphatic rings. The van der Waals surface area contributed by atoms with Gasteiger partial charge in [-0.1, -0.05) is 42.2 Å². The van der Waals surface area contributed by atoms with Gasteiger partial charge in [0.25, 0.3) is 0 Å². The van der Waals surface area contributed by atoms with Gasteiger partial charge in [0.2, 0.25) is 11.8 Å². The summed E-state index contributed by atoms with van der Waals surface area (Å²) in [6.45, 7) is 4.03. The zero-order chi connectivity index (χ0) is 41.1. The number of esters is 1. The minimum Gasteiger partial charge on any atom is -0.488 e. The smallest absolute Gasteiger partial charge is 0.408 e. The van der Waals surface area contributed by atoms with Gasteiger partial charge in [0.05, 0.1) is 24.9 Å². The third-order valence-electron chi connectivity index (χ3n) is 12.1. The first-order chi connectivity index (χ1) is 27.9. The molecule has 0 spiro atoms. The van der Waals surface area contributed by atoms with Gasteiger partial charge in [-0.2, -0.15) is 0 Å². The Bertz CT molecular complexity index is 1940. The number of nitrogens with zero attached hydrogens (tertiary/aromatic N) is 2. The molecule has 58 heavy (non-hydrogen) atoms. The first-order valence-corrected chi connectivity index (χ1v) is 20.8. The number of nitrogens with one attached hydrogen (secondary N) is 2. The molecule has 0 radical (unpaired) electrons. The van der Waals surface area contributed by atoms with E-state index in [-0.39, 0.29) is 36.6 Å². The summed E-state index contributed by atoms with van der Waals surface area (Å²) >= 11 is 6.92. The van der Waals surface area contributed by atoms with E-state index in [1.807, 2.05) is 32.1 Å². The number of hydrogen-bond donors (Lipinski definition) is 2. The molecule has 3 amide bonds. The lowest BCUT2D eigenvalue weighted by molar-refractivity contribution is -0.148. The Morgan fingerprint density at radius 2 is 1.81 bits per heavy atom. The van der Waals surface area contributed by atoms with Crippen LogP contribution in [0.1, 0.15) is 83.7 Å². The largest absolute Gasteiger partial charge is 0.488 e. The van der Waals surface area contributed by atoms with Crippen molar-refractivity contribution < 1.29 is 47.6 Å². The highest BCUT2D eigenvalue weighted by Gasteiger charge is 2.62. The molecule has 1 aromatic heterocycles. The molecule has 0 bridgehead atoms. The van der Waals surface area contributed by atoms with Crippen molar-refractivity contribution in [3.63, 3.8) is 0 Å². The van der Waals surface area contributed by atoms with Crippen LogP contribution in [-0.2, 0) is 33.3 Å². The zero-order valence-electron chi connectivity index (χ0n) is 33.9. The summed E-state index contributed by atoms with van der Waals surface area (Å²) in [5.41, 5.74) is 0.786. The normalized spacial score (nSPS) is 29.3. The van der Waals surface area contributed by atoms with Crippen LogP contribution in [0.2, 0.25) is 5.02 Å². The lowest BCUT2D eigenvalue weighted by Crippen LogP contribution is -2.56. The van der Waals surface area contributed by atoms with Crippen molar-refractivity contribution in [2.24, 2.45) is 17.8 Å². The van der Waals surface area contributed by atoms with Crippen LogP contribution >= 0.6 is 11.6 Å². The Kier molecular flexibility index (Phi) is 12.8. The highest BCUT2D eigenvalue weighted by molar-refractivity contribution is 6.36. The number of hydrogen-bond acceptors (Lipinski definition) is 11. The summed E-state index contributed by atoms with van der Waals surface area (Å²) < 4.78 is 34.2. The van der Waals surface area contributed by atoms with E-state index in [2.05, 4.69) is 10.6 Å². The monoisotopic (exact) mass is 822 g/mol. The van der Waals surface area contributed by atoms with Crippen LogP contribution in [0.3, 0.4) is 0 Å². The fraction of sp³-hybridized carbons (Fsp3) is 0.605. The molecule has 1 unspecified atom stereocenters. The molecule has 1 saturated heterocycles. The van der Waals surface area contributed by atoms with E-state index in [1.165, 1.54) is 32.7 Å². The second-order valence-corrected chi connectivity index (χ2v) is 16.9. The highest BCUT2D eigenvalue weighted by Crippen LogP contribution is 2.52. The maximum Gasteiger partial charge on any atom is 0.408 e. The summed E-state index contributed by atoms with van der Waals surface area (Å²) in [7, 11) is 4.34. The second-order valence-electron chi connectivity index (χ2n) is 16.5. The van der Waals surface area contributed by atoms with E-state index in [1.54, 1.807) is 18.2 Å². The van der Waals surface area contributed by atoms with Crippen molar-refractivity contribution in [2.45, 2.75) is 114 Å². The maximum atomic E-state index is 14.7. The summed E-state index contributed by atoms with van der Waals surface area (Å²) in [6.07, 6.45) is 10.8. The number of carbonyl (C=O) groups excluding carboxylic acids is 4. The molecular formula is C43H55ClN4O10. The van der Waals surface area contributed by atoms with Crippen LogP contribution in [-0.4, -0.2) is 104 Å². The molecule has 7 rings (SSSR count). The highest BCUT2D eigenvalue weighted by atomic mass is 35.5. The fourth-order valence-electron chi connectivity index (χ4n) is 8.77. The predicted molar refractivity (Wildman–Crippen MR) is 215 cm³/mol. The van der Waals surface area contributed by atoms with Gasteiger partial charge in [-0.05, 0) is 88.8 Å². The molecule has 3 heterocycles.